The van der Waals surface area contributed by atoms with Crippen molar-refractivity contribution in [2.45, 2.75) is 12.8 Å². The van der Waals surface area contributed by atoms with Crippen molar-refractivity contribution >= 4 is 11.6 Å². The van der Waals surface area contributed by atoms with Crippen molar-refractivity contribution in [1.82, 2.24) is 4.98 Å². The average molecular weight is 233 g/mol. The monoisotopic (exact) mass is 232 g/mol. The predicted octanol–water partition coefficient (Wildman–Crippen LogP) is 2.75. The number of methoxy groups -OCH3 is 1. The van der Waals surface area contributed by atoms with Crippen LogP contribution < -0.4 is 4.74 Å². The van der Waals surface area contributed by atoms with Gasteiger partial charge in [-0.05, 0) is 0 Å². The summed E-state index contributed by atoms with van der Waals surface area (Å²) in [7, 11) is 1.31. The highest BCUT2D eigenvalue weighted by Crippen LogP contribution is 2.35. The van der Waals surface area contributed by atoms with Gasteiger partial charge in [0.2, 0.25) is 0 Å². The number of aromatic nitrogens is 1. The molecule has 0 amide bonds. The fourth-order valence-corrected chi connectivity index (χ4v) is 1.42. The second-order valence-corrected chi connectivity index (χ2v) is 3.01. The van der Waals surface area contributed by atoms with Gasteiger partial charge in [-0.1, -0.05) is 11.6 Å². The predicted molar refractivity (Wildman–Crippen MR) is 50.1 cm³/mol. The van der Waals surface area contributed by atoms with Crippen molar-refractivity contribution in [3.63, 3.8) is 0 Å². The smallest absolute Gasteiger partial charge is 0.267 e. The van der Waals surface area contributed by atoms with Gasteiger partial charge >= 0.3 is 0 Å². The molecule has 0 aliphatic rings. The van der Waals surface area contributed by atoms with Crippen molar-refractivity contribution in [2.75, 3.05) is 7.11 Å². The summed E-state index contributed by atoms with van der Waals surface area (Å²) in [6.45, 7) is 0. The summed E-state index contributed by atoms with van der Waals surface area (Å²) in [6.07, 6.45) is -1.76. The molecule has 0 aromatic carbocycles. The summed E-state index contributed by atoms with van der Waals surface area (Å²) in [5.74, 6) is 0.0775. The number of ether oxygens (including phenoxy) is 1. The van der Waals surface area contributed by atoms with E-state index in [-0.39, 0.29) is 22.9 Å². The molecule has 0 aliphatic heterocycles. The molecule has 0 saturated carbocycles. The highest BCUT2D eigenvalue weighted by atomic mass is 35.5. The highest BCUT2D eigenvalue weighted by molar-refractivity contribution is 6.32. The molecule has 6 heteroatoms. The minimum absolute atomic E-state index is 0.0155. The molecule has 1 rings (SSSR count). The number of rotatable bonds is 3. The molecule has 0 fully saturated rings. The van der Waals surface area contributed by atoms with Crippen LogP contribution in [0.25, 0.3) is 0 Å². The zero-order chi connectivity index (χ0) is 11.4. The number of pyridine rings is 1. The standard InChI is InChI=1S/C9H7ClF2N2O/c1-15-6-4-14-5(2-3-13)7(8(6)10)9(11)12/h4,9H,2H2,1H3. The zero-order valence-corrected chi connectivity index (χ0v) is 8.55. The normalized spacial score (nSPS) is 10.1. The first kappa shape index (κ1) is 11.7. The summed E-state index contributed by atoms with van der Waals surface area (Å²) >= 11 is 5.69. The van der Waals surface area contributed by atoms with E-state index >= 15 is 0 Å². The molecule has 3 nitrogen and oxygen atoms in total. The second kappa shape index (κ2) is 4.89. The number of hydrogen-bond acceptors (Lipinski definition) is 3. The molecule has 0 saturated heterocycles. The van der Waals surface area contributed by atoms with E-state index in [2.05, 4.69) is 4.98 Å². The van der Waals surface area contributed by atoms with Crippen LogP contribution in [0.5, 0.6) is 5.75 Å². The summed E-state index contributed by atoms with van der Waals surface area (Å²) in [4.78, 5) is 3.71. The van der Waals surface area contributed by atoms with Gasteiger partial charge in [0, 0.05) is 0 Å². The number of hydrogen-bond donors (Lipinski definition) is 0. The summed E-state index contributed by atoms with van der Waals surface area (Å²) in [5, 5.41) is 8.25. The largest absolute Gasteiger partial charge is 0.494 e. The number of nitriles is 1. The first-order chi connectivity index (χ1) is 7.11. The molecule has 0 unspecified atom stereocenters. The van der Waals surface area contributed by atoms with E-state index in [1.54, 1.807) is 6.07 Å². The molecule has 1 aromatic heterocycles. The van der Waals surface area contributed by atoms with E-state index in [1.165, 1.54) is 13.3 Å². The number of halogens is 3. The van der Waals surface area contributed by atoms with Crippen molar-refractivity contribution in [2.24, 2.45) is 0 Å². The molecular weight excluding hydrogens is 226 g/mol. The zero-order valence-electron chi connectivity index (χ0n) is 7.80. The molecule has 0 N–H and O–H groups in total. The Morgan fingerprint density at radius 3 is 2.80 bits per heavy atom. The van der Waals surface area contributed by atoms with Crippen LogP contribution in [0.15, 0.2) is 6.20 Å². The fourth-order valence-electron chi connectivity index (χ4n) is 1.10. The third-order valence-electron chi connectivity index (χ3n) is 1.79. The van der Waals surface area contributed by atoms with Crippen LogP contribution in [0.4, 0.5) is 8.78 Å². The molecule has 0 radical (unpaired) electrons. The van der Waals surface area contributed by atoms with Gasteiger partial charge in [-0.15, -0.1) is 0 Å². The van der Waals surface area contributed by atoms with Crippen LogP contribution in [-0.4, -0.2) is 12.1 Å². The second-order valence-electron chi connectivity index (χ2n) is 2.64. The van der Waals surface area contributed by atoms with Crippen molar-refractivity contribution < 1.29 is 13.5 Å². The lowest BCUT2D eigenvalue weighted by molar-refractivity contribution is 0.149. The summed E-state index contributed by atoms with van der Waals surface area (Å²) in [5.41, 5.74) is -0.448. The van der Waals surface area contributed by atoms with E-state index < -0.39 is 12.0 Å². The molecule has 0 aliphatic carbocycles. The third kappa shape index (κ3) is 2.34. The van der Waals surface area contributed by atoms with Gasteiger partial charge in [-0.3, -0.25) is 4.98 Å². The Hall–Kier alpha value is -1.41. The first-order valence-electron chi connectivity index (χ1n) is 3.98. The van der Waals surface area contributed by atoms with Crippen LogP contribution in [-0.2, 0) is 6.42 Å². The van der Waals surface area contributed by atoms with Crippen molar-refractivity contribution in [3.8, 4) is 11.8 Å². The van der Waals surface area contributed by atoms with Gasteiger partial charge in [0.1, 0.15) is 0 Å². The number of nitrogens with zero attached hydrogens (tertiary/aromatic N) is 2. The summed E-state index contributed by atoms with van der Waals surface area (Å²) in [6, 6.07) is 1.75. The Balaban J connectivity index is 3.32. The first-order valence-corrected chi connectivity index (χ1v) is 4.36. The molecule has 0 bridgehead atoms. The van der Waals surface area contributed by atoms with Crippen LogP contribution in [0.3, 0.4) is 0 Å². The van der Waals surface area contributed by atoms with E-state index in [0.717, 1.165) is 0 Å². The lowest BCUT2D eigenvalue weighted by Gasteiger charge is -2.10. The maximum atomic E-state index is 12.6. The Morgan fingerprint density at radius 1 is 1.67 bits per heavy atom. The number of alkyl halides is 2. The fraction of sp³-hybridized carbons (Fsp3) is 0.333. The molecule has 0 atom stereocenters. The summed E-state index contributed by atoms with van der Waals surface area (Å²) < 4.78 is 30.0. The molecule has 0 spiro atoms. The van der Waals surface area contributed by atoms with Crippen LogP contribution >= 0.6 is 11.6 Å². The average Bonchev–Trinajstić information content (AvgIpc) is 2.18. The van der Waals surface area contributed by atoms with Crippen LogP contribution in [0, 0.1) is 11.3 Å². The van der Waals surface area contributed by atoms with Gasteiger partial charge < -0.3 is 4.74 Å². The lowest BCUT2D eigenvalue weighted by Crippen LogP contribution is -2.01. The van der Waals surface area contributed by atoms with E-state index in [9.17, 15) is 8.78 Å². The third-order valence-corrected chi connectivity index (χ3v) is 2.18. The van der Waals surface area contributed by atoms with Crippen molar-refractivity contribution in [1.29, 1.82) is 5.26 Å². The Labute approximate surface area is 90.3 Å². The maximum Gasteiger partial charge on any atom is 0.267 e. The molecule has 15 heavy (non-hydrogen) atoms. The van der Waals surface area contributed by atoms with E-state index in [0.29, 0.717) is 0 Å². The minimum Gasteiger partial charge on any atom is -0.494 e. The topological polar surface area (TPSA) is 45.9 Å². The van der Waals surface area contributed by atoms with Crippen molar-refractivity contribution in [3.05, 3.63) is 22.5 Å². The van der Waals surface area contributed by atoms with Gasteiger partial charge in [0.05, 0.1) is 42.1 Å². The van der Waals surface area contributed by atoms with Gasteiger partial charge in [-0.25, -0.2) is 8.78 Å². The van der Waals surface area contributed by atoms with E-state index in [1.807, 2.05) is 0 Å². The molecular formula is C9H7ClF2N2O. The highest BCUT2D eigenvalue weighted by Gasteiger charge is 2.21. The van der Waals surface area contributed by atoms with E-state index in [4.69, 9.17) is 21.6 Å². The molecule has 80 valence electrons. The molecule has 1 heterocycles. The van der Waals surface area contributed by atoms with Gasteiger partial charge in [-0.2, -0.15) is 5.26 Å². The van der Waals surface area contributed by atoms with Gasteiger partial charge in [0.15, 0.2) is 5.75 Å². The quantitative estimate of drug-likeness (QED) is 0.805. The lowest BCUT2D eigenvalue weighted by atomic mass is 10.1. The minimum atomic E-state index is -2.77. The molecule has 1 aromatic rings. The Morgan fingerprint density at radius 2 is 2.33 bits per heavy atom. The van der Waals surface area contributed by atoms with Crippen LogP contribution in [0.2, 0.25) is 5.02 Å². The Bertz CT molecular complexity index is 404. The van der Waals surface area contributed by atoms with Gasteiger partial charge in [0.25, 0.3) is 6.43 Å². The van der Waals surface area contributed by atoms with Crippen LogP contribution in [0.1, 0.15) is 17.7 Å². The Kier molecular flexibility index (Phi) is 3.81. The SMILES string of the molecule is COc1cnc(CC#N)c(C(F)F)c1Cl. The maximum absolute atomic E-state index is 12.6.